The van der Waals surface area contributed by atoms with E-state index in [4.69, 9.17) is 9.47 Å². The summed E-state index contributed by atoms with van der Waals surface area (Å²) in [5, 5.41) is 0.287. The number of hydrogen-bond donors (Lipinski definition) is 0. The number of nitrogens with zero attached hydrogens (tertiary/aromatic N) is 2. The molecular weight excluding hydrogens is 431 g/mol. The van der Waals surface area contributed by atoms with E-state index in [1.54, 1.807) is 7.11 Å². The van der Waals surface area contributed by atoms with E-state index in [0.29, 0.717) is 13.2 Å². The molecule has 2 aromatic carbocycles. The first-order valence-corrected chi connectivity index (χ1v) is 9.54. The second-order valence-electron chi connectivity index (χ2n) is 6.22. The van der Waals surface area contributed by atoms with Crippen molar-refractivity contribution in [3.8, 4) is 0 Å². The van der Waals surface area contributed by atoms with E-state index in [-0.39, 0.29) is 30.6 Å². The predicted molar refractivity (Wildman–Crippen MR) is 108 cm³/mol. The summed E-state index contributed by atoms with van der Waals surface area (Å²) in [5.41, 5.74) is 0.130. The maximum absolute atomic E-state index is 13.8. The fraction of sp³-hybridized carbons (Fsp3) is 0.300. The van der Waals surface area contributed by atoms with E-state index in [2.05, 4.69) is 15.9 Å². The molecule has 0 bridgehead atoms. The zero-order chi connectivity index (χ0) is 20.1. The van der Waals surface area contributed by atoms with Gasteiger partial charge in [-0.15, -0.1) is 0 Å². The average Bonchev–Trinajstić information content (AvgIpc) is 2.68. The maximum Gasteiger partial charge on any atom is 0.331 e. The van der Waals surface area contributed by atoms with Crippen LogP contribution in [-0.4, -0.2) is 36.1 Å². The standard InChI is InChI=1S/C20H20BrFN2O4/c1-27-10-11-28-9-8-23-18-12-16(22)6-7-17(18)19(25)24(20(23)26)13-14-2-4-15(21)5-3-14/h2-7,12H,8-11,13H2,1H3. The van der Waals surface area contributed by atoms with E-state index in [9.17, 15) is 14.0 Å². The Labute approximate surface area is 169 Å². The Hall–Kier alpha value is -2.29. The quantitative estimate of drug-likeness (QED) is 0.495. The van der Waals surface area contributed by atoms with Crippen LogP contribution >= 0.6 is 15.9 Å². The van der Waals surface area contributed by atoms with Gasteiger partial charge in [-0.25, -0.2) is 9.18 Å². The largest absolute Gasteiger partial charge is 0.382 e. The third-order valence-corrected chi connectivity index (χ3v) is 4.86. The van der Waals surface area contributed by atoms with Crippen molar-refractivity contribution in [2.75, 3.05) is 26.9 Å². The molecule has 6 nitrogen and oxygen atoms in total. The molecule has 0 aliphatic carbocycles. The highest BCUT2D eigenvalue weighted by molar-refractivity contribution is 9.10. The Morgan fingerprint density at radius 3 is 2.46 bits per heavy atom. The van der Waals surface area contributed by atoms with Crippen molar-refractivity contribution in [1.29, 1.82) is 0 Å². The summed E-state index contributed by atoms with van der Waals surface area (Å²) in [6.07, 6.45) is 0. The SMILES string of the molecule is COCCOCCn1c(=O)n(Cc2ccc(Br)cc2)c(=O)c2ccc(F)cc21. The number of methoxy groups -OCH3 is 1. The van der Waals surface area contributed by atoms with Crippen LogP contribution in [0.4, 0.5) is 4.39 Å². The lowest BCUT2D eigenvalue weighted by atomic mass is 10.2. The Kier molecular flexibility index (Phi) is 6.77. The molecule has 0 saturated heterocycles. The molecule has 8 heteroatoms. The summed E-state index contributed by atoms with van der Waals surface area (Å²) >= 11 is 3.36. The second kappa shape index (κ2) is 9.27. The van der Waals surface area contributed by atoms with Crippen LogP contribution in [0.3, 0.4) is 0 Å². The lowest BCUT2D eigenvalue weighted by Crippen LogP contribution is -2.41. The molecule has 0 saturated carbocycles. The van der Waals surface area contributed by atoms with Crippen molar-refractivity contribution < 1.29 is 13.9 Å². The van der Waals surface area contributed by atoms with Crippen molar-refractivity contribution in [3.63, 3.8) is 0 Å². The molecule has 0 atom stereocenters. The zero-order valence-corrected chi connectivity index (χ0v) is 16.9. The molecule has 1 heterocycles. The Balaban J connectivity index is 2.03. The summed E-state index contributed by atoms with van der Waals surface area (Å²) in [6.45, 7) is 1.39. The Morgan fingerprint density at radius 2 is 1.75 bits per heavy atom. The summed E-state index contributed by atoms with van der Waals surface area (Å²) in [5.74, 6) is -0.508. The summed E-state index contributed by atoms with van der Waals surface area (Å²) in [7, 11) is 1.57. The van der Waals surface area contributed by atoms with Gasteiger partial charge in [0.15, 0.2) is 0 Å². The van der Waals surface area contributed by atoms with E-state index >= 15 is 0 Å². The van der Waals surface area contributed by atoms with Crippen molar-refractivity contribution in [2.45, 2.75) is 13.1 Å². The van der Waals surface area contributed by atoms with Gasteiger partial charge in [0.2, 0.25) is 0 Å². The molecule has 0 fully saturated rings. The first-order chi connectivity index (χ1) is 13.5. The molecule has 3 aromatic rings. The molecule has 0 aliphatic rings. The van der Waals surface area contributed by atoms with E-state index < -0.39 is 17.1 Å². The lowest BCUT2D eigenvalue weighted by Gasteiger charge is -2.14. The summed E-state index contributed by atoms with van der Waals surface area (Å²) < 4.78 is 27.6. The molecule has 0 radical (unpaired) electrons. The highest BCUT2D eigenvalue weighted by Crippen LogP contribution is 2.13. The van der Waals surface area contributed by atoms with Crippen molar-refractivity contribution in [2.24, 2.45) is 0 Å². The van der Waals surface area contributed by atoms with Gasteiger partial charge >= 0.3 is 5.69 Å². The van der Waals surface area contributed by atoms with Gasteiger partial charge in [0.1, 0.15) is 5.82 Å². The number of halogens is 2. The molecule has 3 rings (SSSR count). The molecule has 148 valence electrons. The van der Waals surface area contributed by atoms with Crippen molar-refractivity contribution in [3.05, 3.63) is 79.2 Å². The molecule has 1 aromatic heterocycles. The lowest BCUT2D eigenvalue weighted by molar-refractivity contribution is 0.0664. The molecule has 0 amide bonds. The van der Waals surface area contributed by atoms with Crippen LogP contribution in [0.5, 0.6) is 0 Å². The first-order valence-electron chi connectivity index (χ1n) is 8.75. The number of aromatic nitrogens is 2. The van der Waals surface area contributed by atoms with Crippen LogP contribution in [0.1, 0.15) is 5.56 Å². The van der Waals surface area contributed by atoms with Gasteiger partial charge < -0.3 is 9.47 Å². The molecular formula is C20H20BrFN2O4. The van der Waals surface area contributed by atoms with E-state index in [1.165, 1.54) is 27.3 Å². The normalized spacial score (nSPS) is 11.2. The molecule has 0 unspecified atom stereocenters. The average molecular weight is 451 g/mol. The van der Waals surface area contributed by atoms with Crippen LogP contribution in [0, 0.1) is 5.82 Å². The summed E-state index contributed by atoms with van der Waals surface area (Å²) in [4.78, 5) is 25.9. The predicted octanol–water partition coefficient (Wildman–Crippen LogP) is 2.78. The highest BCUT2D eigenvalue weighted by Gasteiger charge is 2.14. The summed E-state index contributed by atoms with van der Waals surface area (Å²) in [6, 6.07) is 11.2. The number of fused-ring (bicyclic) bond motifs is 1. The van der Waals surface area contributed by atoms with Gasteiger partial charge in [-0.2, -0.15) is 0 Å². The fourth-order valence-corrected chi connectivity index (χ4v) is 3.18. The van der Waals surface area contributed by atoms with E-state index in [0.717, 1.165) is 10.0 Å². The van der Waals surface area contributed by atoms with Gasteiger partial charge in [-0.05, 0) is 35.9 Å². The van der Waals surface area contributed by atoms with Gasteiger partial charge in [0, 0.05) is 11.6 Å². The minimum Gasteiger partial charge on any atom is -0.382 e. The second-order valence-corrected chi connectivity index (χ2v) is 7.13. The van der Waals surface area contributed by atoms with Crippen LogP contribution in [-0.2, 0) is 22.6 Å². The van der Waals surface area contributed by atoms with Crippen molar-refractivity contribution >= 4 is 26.8 Å². The van der Waals surface area contributed by atoms with E-state index in [1.807, 2.05) is 24.3 Å². The van der Waals surface area contributed by atoms with Crippen LogP contribution in [0.25, 0.3) is 10.9 Å². The third kappa shape index (κ3) is 4.57. The Morgan fingerprint density at radius 1 is 1.00 bits per heavy atom. The van der Waals surface area contributed by atoms with Crippen LogP contribution in [0.15, 0.2) is 56.5 Å². The number of hydrogen-bond acceptors (Lipinski definition) is 4. The molecule has 28 heavy (non-hydrogen) atoms. The number of ether oxygens (including phenoxy) is 2. The number of rotatable bonds is 8. The van der Waals surface area contributed by atoms with Gasteiger partial charge in [-0.1, -0.05) is 28.1 Å². The maximum atomic E-state index is 13.8. The smallest absolute Gasteiger partial charge is 0.331 e. The fourth-order valence-electron chi connectivity index (χ4n) is 2.92. The minimum atomic E-state index is -0.508. The molecule has 0 aliphatic heterocycles. The van der Waals surface area contributed by atoms with Crippen molar-refractivity contribution in [1.82, 2.24) is 9.13 Å². The minimum absolute atomic E-state index is 0.128. The monoisotopic (exact) mass is 450 g/mol. The Bertz CT molecular complexity index is 1080. The third-order valence-electron chi connectivity index (χ3n) is 4.33. The topological polar surface area (TPSA) is 62.5 Å². The highest BCUT2D eigenvalue weighted by atomic mass is 79.9. The van der Waals surface area contributed by atoms with Crippen LogP contribution in [0.2, 0.25) is 0 Å². The zero-order valence-electron chi connectivity index (χ0n) is 15.4. The first kappa shape index (κ1) is 20.4. The van der Waals surface area contributed by atoms with Gasteiger partial charge in [0.25, 0.3) is 5.56 Å². The van der Waals surface area contributed by atoms with Gasteiger partial charge in [0.05, 0.1) is 43.8 Å². The molecule has 0 N–H and O–H groups in total. The van der Waals surface area contributed by atoms with Gasteiger partial charge in [-0.3, -0.25) is 13.9 Å². The van der Waals surface area contributed by atoms with Crippen LogP contribution < -0.4 is 11.2 Å². The molecule has 0 spiro atoms. The number of benzene rings is 2.